The average molecular weight is 381 g/mol. The topological polar surface area (TPSA) is 94.4 Å². The second-order valence-corrected chi connectivity index (χ2v) is 6.97. The van der Waals surface area contributed by atoms with Crippen molar-refractivity contribution in [2.45, 2.75) is 6.92 Å². The predicted octanol–water partition coefficient (Wildman–Crippen LogP) is 3.93. The number of carboxylic acid groups (broad SMARTS) is 1. The summed E-state index contributed by atoms with van der Waals surface area (Å²) in [4.78, 5) is 25.2. The first-order valence-corrected chi connectivity index (χ1v) is 8.85. The third-order valence-corrected chi connectivity index (χ3v) is 5.18. The molecule has 8 heteroatoms. The molecule has 0 saturated heterocycles. The van der Waals surface area contributed by atoms with Crippen molar-refractivity contribution in [2.75, 3.05) is 14.2 Å². The summed E-state index contributed by atoms with van der Waals surface area (Å²) >= 11 is 1.39. The van der Waals surface area contributed by atoms with E-state index in [1.54, 1.807) is 19.4 Å². The van der Waals surface area contributed by atoms with Gasteiger partial charge in [-0.05, 0) is 36.8 Å². The molecule has 0 unspecified atom stereocenters. The SMILES string of the molecule is COc1cc(C(=O)O)c2nc(-c3cc(C)cc4nc(OC)cnc34)sc2c1. The lowest BCUT2D eigenvalue weighted by atomic mass is 10.1. The normalized spacial score (nSPS) is 11.1. The zero-order valence-corrected chi connectivity index (χ0v) is 15.6. The van der Waals surface area contributed by atoms with E-state index in [-0.39, 0.29) is 5.56 Å². The van der Waals surface area contributed by atoms with Gasteiger partial charge in [-0.2, -0.15) is 0 Å². The first kappa shape index (κ1) is 17.2. The van der Waals surface area contributed by atoms with Gasteiger partial charge in [-0.1, -0.05) is 0 Å². The van der Waals surface area contributed by atoms with Gasteiger partial charge in [0, 0.05) is 5.56 Å². The highest BCUT2D eigenvalue weighted by atomic mass is 32.1. The molecular formula is C19H15N3O4S. The average Bonchev–Trinajstić information content (AvgIpc) is 3.09. The Morgan fingerprint density at radius 3 is 2.59 bits per heavy atom. The summed E-state index contributed by atoms with van der Waals surface area (Å²) < 4.78 is 11.1. The third-order valence-electron chi connectivity index (χ3n) is 4.14. The number of aromatic carboxylic acids is 1. The number of carboxylic acids is 1. The number of aromatic nitrogens is 3. The number of nitrogens with zero attached hydrogens (tertiary/aromatic N) is 3. The van der Waals surface area contributed by atoms with E-state index < -0.39 is 5.97 Å². The van der Waals surface area contributed by atoms with Crippen LogP contribution in [0.3, 0.4) is 0 Å². The molecule has 0 aliphatic carbocycles. The number of fused-ring (bicyclic) bond motifs is 2. The number of thiazole rings is 1. The lowest BCUT2D eigenvalue weighted by Crippen LogP contribution is -1.98. The van der Waals surface area contributed by atoms with Gasteiger partial charge in [-0.25, -0.2) is 19.7 Å². The number of hydrogen-bond acceptors (Lipinski definition) is 7. The molecule has 1 N–H and O–H groups in total. The fraction of sp³-hybridized carbons (Fsp3) is 0.158. The number of benzene rings is 2. The fourth-order valence-corrected chi connectivity index (χ4v) is 3.95. The van der Waals surface area contributed by atoms with Crippen LogP contribution in [0.2, 0.25) is 0 Å². The molecule has 2 heterocycles. The van der Waals surface area contributed by atoms with Crippen molar-refractivity contribution >= 4 is 38.6 Å². The predicted molar refractivity (Wildman–Crippen MR) is 103 cm³/mol. The number of ether oxygens (including phenoxy) is 2. The second-order valence-electron chi connectivity index (χ2n) is 5.94. The van der Waals surface area contributed by atoms with Crippen molar-refractivity contribution in [2.24, 2.45) is 0 Å². The molecule has 0 aliphatic heterocycles. The summed E-state index contributed by atoms with van der Waals surface area (Å²) in [6.07, 6.45) is 1.56. The maximum Gasteiger partial charge on any atom is 0.338 e. The zero-order valence-electron chi connectivity index (χ0n) is 14.8. The van der Waals surface area contributed by atoms with Crippen molar-refractivity contribution in [3.63, 3.8) is 0 Å². The summed E-state index contributed by atoms with van der Waals surface area (Å²) in [7, 11) is 3.05. The van der Waals surface area contributed by atoms with Crippen molar-refractivity contribution < 1.29 is 19.4 Å². The summed E-state index contributed by atoms with van der Waals surface area (Å²) in [5.41, 5.74) is 3.71. The van der Waals surface area contributed by atoms with Crippen LogP contribution in [0.5, 0.6) is 11.6 Å². The Bertz CT molecular complexity index is 1200. The minimum Gasteiger partial charge on any atom is -0.497 e. The Hall–Kier alpha value is -3.26. The number of rotatable bonds is 4. The molecule has 0 radical (unpaired) electrons. The van der Waals surface area contributed by atoms with Gasteiger partial charge in [-0.3, -0.25) is 0 Å². The first-order valence-electron chi connectivity index (χ1n) is 8.04. The fourth-order valence-electron chi connectivity index (χ4n) is 2.91. The van der Waals surface area contributed by atoms with E-state index in [2.05, 4.69) is 15.0 Å². The molecule has 2 aromatic heterocycles. The molecule has 0 bridgehead atoms. The zero-order chi connectivity index (χ0) is 19.1. The molecule has 0 atom stereocenters. The van der Waals surface area contributed by atoms with Crippen LogP contribution in [0.15, 0.2) is 30.5 Å². The van der Waals surface area contributed by atoms with Gasteiger partial charge in [0.25, 0.3) is 0 Å². The van der Waals surface area contributed by atoms with E-state index in [1.807, 2.05) is 19.1 Å². The van der Waals surface area contributed by atoms with E-state index in [4.69, 9.17) is 9.47 Å². The van der Waals surface area contributed by atoms with Crippen LogP contribution < -0.4 is 9.47 Å². The van der Waals surface area contributed by atoms with Crippen molar-refractivity contribution in [3.8, 4) is 22.2 Å². The summed E-state index contributed by atoms with van der Waals surface area (Å²) in [6, 6.07) is 7.16. The Balaban J connectivity index is 2.00. The second kappa shape index (κ2) is 6.48. The van der Waals surface area contributed by atoms with Gasteiger partial charge in [0.05, 0.1) is 47.2 Å². The molecule has 4 aromatic rings. The minimum absolute atomic E-state index is 0.108. The summed E-state index contributed by atoms with van der Waals surface area (Å²) in [5, 5.41) is 10.2. The van der Waals surface area contributed by atoms with Gasteiger partial charge in [0.15, 0.2) is 0 Å². The van der Waals surface area contributed by atoms with Crippen LogP contribution >= 0.6 is 11.3 Å². The standard InChI is InChI=1S/C19H15N3O4S/c1-9-4-11(16-13(5-9)21-15(26-3)8-20-16)18-22-17-12(19(23)24)6-10(25-2)7-14(17)27-18/h4-8H,1-3H3,(H,23,24). The van der Waals surface area contributed by atoms with Crippen molar-refractivity contribution in [1.29, 1.82) is 0 Å². The molecule has 7 nitrogen and oxygen atoms in total. The molecular weight excluding hydrogens is 366 g/mol. The Morgan fingerprint density at radius 1 is 1.07 bits per heavy atom. The van der Waals surface area contributed by atoms with Gasteiger partial charge in [-0.15, -0.1) is 11.3 Å². The number of methoxy groups -OCH3 is 2. The first-order chi connectivity index (χ1) is 13.0. The van der Waals surface area contributed by atoms with Gasteiger partial charge in [0.2, 0.25) is 5.88 Å². The van der Waals surface area contributed by atoms with Crippen LogP contribution in [0, 0.1) is 6.92 Å². The van der Waals surface area contributed by atoms with E-state index >= 15 is 0 Å². The van der Waals surface area contributed by atoms with E-state index in [0.717, 1.165) is 15.8 Å². The molecule has 2 aromatic carbocycles. The smallest absolute Gasteiger partial charge is 0.338 e. The largest absolute Gasteiger partial charge is 0.497 e. The Morgan fingerprint density at radius 2 is 1.89 bits per heavy atom. The van der Waals surface area contributed by atoms with E-state index in [9.17, 15) is 9.90 Å². The highest BCUT2D eigenvalue weighted by Gasteiger charge is 2.18. The van der Waals surface area contributed by atoms with Crippen molar-refractivity contribution in [1.82, 2.24) is 15.0 Å². The maximum atomic E-state index is 11.6. The molecule has 0 spiro atoms. The van der Waals surface area contributed by atoms with Gasteiger partial charge in [0.1, 0.15) is 10.8 Å². The number of hydrogen-bond donors (Lipinski definition) is 1. The van der Waals surface area contributed by atoms with Crippen molar-refractivity contribution in [3.05, 3.63) is 41.6 Å². The van der Waals surface area contributed by atoms with E-state index in [1.165, 1.54) is 24.5 Å². The molecule has 4 rings (SSSR count). The molecule has 136 valence electrons. The van der Waals surface area contributed by atoms with Crippen LogP contribution in [0.4, 0.5) is 0 Å². The lowest BCUT2D eigenvalue weighted by Gasteiger charge is -2.06. The van der Waals surface area contributed by atoms with E-state index in [0.29, 0.717) is 33.2 Å². The van der Waals surface area contributed by atoms with Crippen LogP contribution in [0.25, 0.3) is 31.8 Å². The quantitative estimate of drug-likeness (QED) is 0.572. The van der Waals surface area contributed by atoms with Crippen LogP contribution in [0.1, 0.15) is 15.9 Å². The Kier molecular flexibility index (Phi) is 4.12. The third kappa shape index (κ3) is 2.93. The van der Waals surface area contributed by atoms with Crippen LogP contribution in [-0.2, 0) is 0 Å². The number of carbonyl (C=O) groups is 1. The molecule has 0 fully saturated rings. The van der Waals surface area contributed by atoms with Crippen LogP contribution in [-0.4, -0.2) is 40.2 Å². The molecule has 0 amide bonds. The molecule has 27 heavy (non-hydrogen) atoms. The highest BCUT2D eigenvalue weighted by Crippen LogP contribution is 2.37. The van der Waals surface area contributed by atoms with Gasteiger partial charge >= 0.3 is 5.97 Å². The minimum atomic E-state index is -1.05. The lowest BCUT2D eigenvalue weighted by molar-refractivity contribution is 0.0698. The molecule has 0 saturated carbocycles. The summed E-state index contributed by atoms with van der Waals surface area (Å²) in [6.45, 7) is 1.96. The summed E-state index contributed by atoms with van der Waals surface area (Å²) in [5.74, 6) is -0.135. The Labute approximate surface area is 158 Å². The maximum absolute atomic E-state index is 11.6. The molecule has 0 aliphatic rings. The van der Waals surface area contributed by atoms with Gasteiger partial charge < -0.3 is 14.6 Å². The highest BCUT2D eigenvalue weighted by molar-refractivity contribution is 7.21. The monoisotopic (exact) mass is 381 g/mol. The number of aryl methyl sites for hydroxylation is 1.